The van der Waals surface area contributed by atoms with Crippen LogP contribution in [0.3, 0.4) is 0 Å². The Morgan fingerprint density at radius 3 is 2.81 bits per heavy atom. The van der Waals surface area contributed by atoms with Gasteiger partial charge in [0, 0.05) is 6.20 Å². The fourth-order valence-corrected chi connectivity index (χ4v) is 1.57. The van der Waals surface area contributed by atoms with Gasteiger partial charge in [0.25, 0.3) is 0 Å². The van der Waals surface area contributed by atoms with Crippen LogP contribution in [0.25, 0.3) is 22.4 Å². The summed E-state index contributed by atoms with van der Waals surface area (Å²) in [5.41, 5.74) is 7.92. The molecule has 3 aromatic rings. The lowest BCUT2D eigenvalue weighted by Crippen LogP contribution is -1.87. The SMILES string of the molecule is Nc1[nH]nc2nc(-c3ccccn3)ccc12. The van der Waals surface area contributed by atoms with Crippen molar-refractivity contribution in [3.8, 4) is 11.4 Å². The molecule has 3 rings (SSSR count). The summed E-state index contributed by atoms with van der Waals surface area (Å²) in [6.45, 7) is 0. The normalized spacial score (nSPS) is 10.8. The number of rotatable bonds is 1. The van der Waals surface area contributed by atoms with Crippen molar-refractivity contribution in [1.29, 1.82) is 0 Å². The summed E-state index contributed by atoms with van der Waals surface area (Å²) in [4.78, 5) is 8.61. The second kappa shape index (κ2) is 3.30. The van der Waals surface area contributed by atoms with Gasteiger partial charge in [-0.25, -0.2) is 4.98 Å². The van der Waals surface area contributed by atoms with E-state index < -0.39 is 0 Å². The number of aromatic amines is 1. The molecule has 5 nitrogen and oxygen atoms in total. The van der Waals surface area contributed by atoms with Gasteiger partial charge in [0.2, 0.25) is 0 Å². The number of nitrogen functional groups attached to an aromatic ring is 1. The molecule has 0 spiro atoms. The molecule has 0 amide bonds. The molecule has 0 aromatic carbocycles. The molecular weight excluding hydrogens is 202 g/mol. The van der Waals surface area contributed by atoms with Gasteiger partial charge < -0.3 is 5.73 Å². The Morgan fingerprint density at radius 1 is 1.06 bits per heavy atom. The van der Waals surface area contributed by atoms with Crippen LogP contribution in [0, 0.1) is 0 Å². The van der Waals surface area contributed by atoms with Crippen molar-refractivity contribution in [1.82, 2.24) is 20.2 Å². The van der Waals surface area contributed by atoms with Crippen molar-refractivity contribution in [2.45, 2.75) is 0 Å². The van der Waals surface area contributed by atoms with Gasteiger partial charge in [-0.3, -0.25) is 10.1 Å². The Hall–Kier alpha value is -2.43. The van der Waals surface area contributed by atoms with Gasteiger partial charge in [0.05, 0.1) is 16.8 Å². The van der Waals surface area contributed by atoms with Crippen LogP contribution in [0.4, 0.5) is 5.82 Å². The van der Waals surface area contributed by atoms with E-state index >= 15 is 0 Å². The van der Waals surface area contributed by atoms with Gasteiger partial charge in [-0.15, -0.1) is 0 Å². The standard InChI is InChI=1S/C11H9N5/c12-10-7-4-5-9(14-11(7)16-15-10)8-3-1-2-6-13-8/h1-6H,(H3,12,14,15,16). The molecule has 78 valence electrons. The first-order chi connectivity index (χ1) is 7.84. The van der Waals surface area contributed by atoms with Crippen molar-refractivity contribution in [3.63, 3.8) is 0 Å². The molecule has 3 heterocycles. The first kappa shape index (κ1) is 8.84. The molecule has 16 heavy (non-hydrogen) atoms. The van der Waals surface area contributed by atoms with Crippen molar-refractivity contribution < 1.29 is 0 Å². The summed E-state index contributed by atoms with van der Waals surface area (Å²) in [5, 5.41) is 7.55. The summed E-state index contributed by atoms with van der Waals surface area (Å²) in [5.74, 6) is 0.537. The molecule has 0 radical (unpaired) electrons. The van der Waals surface area contributed by atoms with Crippen molar-refractivity contribution in [3.05, 3.63) is 36.5 Å². The third-order valence-electron chi connectivity index (χ3n) is 2.37. The van der Waals surface area contributed by atoms with Crippen molar-refractivity contribution in [2.24, 2.45) is 0 Å². The second-order valence-electron chi connectivity index (χ2n) is 3.42. The molecule has 0 aliphatic rings. The molecule has 5 heteroatoms. The Morgan fingerprint density at radius 2 is 2.00 bits per heavy atom. The lowest BCUT2D eigenvalue weighted by molar-refractivity contribution is 1.10. The van der Waals surface area contributed by atoms with Crippen LogP contribution in [0.15, 0.2) is 36.5 Å². The van der Waals surface area contributed by atoms with Crippen LogP contribution in [0.5, 0.6) is 0 Å². The zero-order valence-corrected chi connectivity index (χ0v) is 8.38. The highest BCUT2D eigenvalue weighted by atomic mass is 15.2. The number of pyridine rings is 2. The van der Waals surface area contributed by atoms with E-state index in [0.29, 0.717) is 11.5 Å². The first-order valence-electron chi connectivity index (χ1n) is 4.86. The van der Waals surface area contributed by atoms with Crippen molar-refractivity contribution in [2.75, 3.05) is 5.73 Å². The van der Waals surface area contributed by atoms with Crippen LogP contribution >= 0.6 is 0 Å². The second-order valence-corrected chi connectivity index (χ2v) is 3.42. The molecule has 3 N–H and O–H groups in total. The maximum atomic E-state index is 5.69. The average molecular weight is 211 g/mol. The van der Waals surface area contributed by atoms with Crippen LogP contribution in [-0.4, -0.2) is 20.2 Å². The van der Waals surface area contributed by atoms with Gasteiger partial charge in [0.1, 0.15) is 5.82 Å². The lowest BCUT2D eigenvalue weighted by atomic mass is 10.2. The maximum Gasteiger partial charge on any atom is 0.183 e. The fourth-order valence-electron chi connectivity index (χ4n) is 1.57. The lowest BCUT2D eigenvalue weighted by Gasteiger charge is -1.98. The average Bonchev–Trinajstić information content (AvgIpc) is 2.72. The molecule has 3 aromatic heterocycles. The topological polar surface area (TPSA) is 80.5 Å². The fraction of sp³-hybridized carbons (Fsp3) is 0. The molecular formula is C11H9N5. The molecule has 0 atom stereocenters. The predicted octanol–water partition coefficient (Wildman–Crippen LogP) is 1.60. The third-order valence-corrected chi connectivity index (χ3v) is 2.37. The van der Waals surface area contributed by atoms with Gasteiger partial charge >= 0.3 is 0 Å². The molecule has 0 saturated heterocycles. The molecule has 0 fully saturated rings. The highest BCUT2D eigenvalue weighted by molar-refractivity contribution is 5.87. The maximum absolute atomic E-state index is 5.69. The number of nitrogens with zero attached hydrogens (tertiary/aromatic N) is 3. The number of nitrogens with two attached hydrogens (primary N) is 1. The first-order valence-corrected chi connectivity index (χ1v) is 4.86. The van der Waals surface area contributed by atoms with Crippen molar-refractivity contribution >= 4 is 16.9 Å². The molecule has 0 bridgehead atoms. The Bertz CT molecular complexity index is 629. The minimum Gasteiger partial charge on any atom is -0.384 e. The highest BCUT2D eigenvalue weighted by Gasteiger charge is 2.06. The monoisotopic (exact) mass is 211 g/mol. The van der Waals surface area contributed by atoms with Gasteiger partial charge in [-0.2, -0.15) is 5.10 Å². The van der Waals surface area contributed by atoms with E-state index in [1.54, 1.807) is 6.20 Å². The van der Waals surface area contributed by atoms with E-state index in [1.807, 2.05) is 30.3 Å². The number of fused-ring (bicyclic) bond motifs is 1. The summed E-state index contributed by atoms with van der Waals surface area (Å²) in [7, 11) is 0. The smallest absolute Gasteiger partial charge is 0.183 e. The minimum atomic E-state index is 0.537. The zero-order chi connectivity index (χ0) is 11.0. The van der Waals surface area contributed by atoms with E-state index in [-0.39, 0.29) is 0 Å². The van der Waals surface area contributed by atoms with Gasteiger partial charge in [-0.05, 0) is 24.3 Å². The Kier molecular flexibility index (Phi) is 1.83. The number of hydrogen-bond donors (Lipinski definition) is 2. The molecule has 0 aliphatic carbocycles. The quantitative estimate of drug-likeness (QED) is 0.640. The van der Waals surface area contributed by atoms with E-state index in [1.165, 1.54) is 0 Å². The van der Waals surface area contributed by atoms with Crippen LogP contribution in [-0.2, 0) is 0 Å². The van der Waals surface area contributed by atoms with Crippen LogP contribution in [0.1, 0.15) is 0 Å². The number of nitrogens with one attached hydrogen (secondary N) is 1. The molecule has 0 saturated carbocycles. The number of anilines is 1. The zero-order valence-electron chi connectivity index (χ0n) is 8.38. The highest BCUT2D eigenvalue weighted by Crippen LogP contribution is 2.20. The van der Waals surface area contributed by atoms with E-state index in [2.05, 4.69) is 20.2 Å². The number of hydrogen-bond acceptors (Lipinski definition) is 4. The molecule has 0 aliphatic heterocycles. The minimum absolute atomic E-state index is 0.537. The summed E-state index contributed by atoms with van der Waals surface area (Å²) < 4.78 is 0. The Labute approximate surface area is 91.3 Å². The summed E-state index contributed by atoms with van der Waals surface area (Å²) >= 11 is 0. The van der Waals surface area contributed by atoms with E-state index in [4.69, 9.17) is 5.73 Å². The van der Waals surface area contributed by atoms with Crippen LogP contribution < -0.4 is 5.73 Å². The van der Waals surface area contributed by atoms with Gasteiger partial charge in [-0.1, -0.05) is 6.07 Å². The van der Waals surface area contributed by atoms with Gasteiger partial charge in [0.15, 0.2) is 5.65 Å². The number of H-pyrrole nitrogens is 1. The van der Waals surface area contributed by atoms with Crippen LogP contribution in [0.2, 0.25) is 0 Å². The summed E-state index contributed by atoms with van der Waals surface area (Å²) in [6.07, 6.45) is 1.74. The Balaban J connectivity index is 2.19. The summed E-state index contributed by atoms with van der Waals surface area (Å²) in [6, 6.07) is 9.48. The number of aromatic nitrogens is 4. The van der Waals surface area contributed by atoms with E-state index in [9.17, 15) is 0 Å². The largest absolute Gasteiger partial charge is 0.384 e. The third kappa shape index (κ3) is 1.30. The molecule has 0 unspecified atom stereocenters. The van der Waals surface area contributed by atoms with E-state index in [0.717, 1.165) is 16.8 Å². The predicted molar refractivity (Wildman–Crippen MR) is 61.5 cm³/mol.